The maximum atomic E-state index is 11.7. The van der Waals surface area contributed by atoms with E-state index in [-0.39, 0.29) is 12.0 Å². The van der Waals surface area contributed by atoms with E-state index < -0.39 is 5.41 Å². The highest BCUT2D eigenvalue weighted by Crippen LogP contribution is 2.18. The molecule has 0 rings (SSSR count). The summed E-state index contributed by atoms with van der Waals surface area (Å²) in [5.74, 6) is 0.0121. The van der Waals surface area contributed by atoms with Crippen molar-refractivity contribution in [3.05, 3.63) is 0 Å². The minimum absolute atomic E-state index is 0.0121. The molecule has 4 nitrogen and oxygen atoms in total. The third kappa shape index (κ3) is 5.14. The number of carbonyl (C=O) groups excluding carboxylic acids is 1. The Hall–Kier alpha value is -0.610. The Balaban J connectivity index is 3.82. The van der Waals surface area contributed by atoms with Gasteiger partial charge in [-0.3, -0.25) is 4.79 Å². The lowest BCUT2D eigenvalue weighted by molar-refractivity contribution is -0.129. The van der Waals surface area contributed by atoms with Crippen molar-refractivity contribution in [2.24, 2.45) is 11.1 Å². The summed E-state index contributed by atoms with van der Waals surface area (Å²) in [6, 6.07) is 0. The van der Waals surface area contributed by atoms with E-state index >= 15 is 0 Å². The standard InChI is InChI=1S/C11H24N2O2/c1-4-11(3,8-12)10(15)13-7-5-6-9(2)14/h9,14H,4-8,12H2,1-3H3,(H,13,15). The maximum absolute atomic E-state index is 11.7. The number of carbonyl (C=O) groups is 1. The first-order valence-corrected chi connectivity index (χ1v) is 5.62. The van der Waals surface area contributed by atoms with E-state index in [1.54, 1.807) is 6.92 Å². The smallest absolute Gasteiger partial charge is 0.227 e. The molecule has 0 bridgehead atoms. The molecule has 0 spiro atoms. The molecule has 0 aromatic rings. The first kappa shape index (κ1) is 14.4. The van der Waals surface area contributed by atoms with E-state index in [0.717, 1.165) is 12.8 Å². The third-order valence-corrected chi connectivity index (χ3v) is 2.86. The van der Waals surface area contributed by atoms with Gasteiger partial charge in [0, 0.05) is 13.1 Å². The average molecular weight is 216 g/mol. The van der Waals surface area contributed by atoms with Gasteiger partial charge in [-0.25, -0.2) is 0 Å². The molecule has 0 aromatic heterocycles. The molecule has 4 heteroatoms. The highest BCUT2D eigenvalue weighted by molar-refractivity contribution is 5.82. The molecule has 90 valence electrons. The van der Waals surface area contributed by atoms with Gasteiger partial charge in [-0.2, -0.15) is 0 Å². The number of amides is 1. The minimum atomic E-state index is -0.454. The quantitative estimate of drug-likeness (QED) is 0.547. The molecule has 0 aliphatic rings. The molecule has 4 N–H and O–H groups in total. The van der Waals surface area contributed by atoms with Gasteiger partial charge >= 0.3 is 0 Å². The van der Waals surface area contributed by atoms with Crippen molar-refractivity contribution in [2.75, 3.05) is 13.1 Å². The van der Waals surface area contributed by atoms with Gasteiger partial charge in [0.1, 0.15) is 0 Å². The van der Waals surface area contributed by atoms with E-state index in [2.05, 4.69) is 5.32 Å². The number of aliphatic hydroxyl groups excluding tert-OH is 1. The zero-order chi connectivity index (χ0) is 11.9. The summed E-state index contributed by atoms with van der Waals surface area (Å²) in [6.07, 6.45) is 1.96. The van der Waals surface area contributed by atoms with Crippen LogP contribution < -0.4 is 11.1 Å². The molecule has 2 atom stereocenters. The fourth-order valence-corrected chi connectivity index (χ4v) is 1.21. The maximum Gasteiger partial charge on any atom is 0.227 e. The van der Waals surface area contributed by atoms with Crippen molar-refractivity contribution in [2.45, 2.75) is 46.1 Å². The van der Waals surface area contributed by atoms with Crippen LogP contribution in [0.25, 0.3) is 0 Å². The molecular formula is C11H24N2O2. The predicted octanol–water partition coefficient (Wildman–Crippen LogP) is 0.639. The Labute approximate surface area is 92.2 Å². The van der Waals surface area contributed by atoms with E-state index in [0.29, 0.717) is 19.5 Å². The fraction of sp³-hybridized carbons (Fsp3) is 0.909. The van der Waals surface area contributed by atoms with Crippen molar-refractivity contribution < 1.29 is 9.90 Å². The number of hydrogen-bond acceptors (Lipinski definition) is 3. The number of nitrogens with two attached hydrogens (primary N) is 1. The van der Waals surface area contributed by atoms with Crippen LogP contribution in [0.5, 0.6) is 0 Å². The SMILES string of the molecule is CCC(C)(CN)C(=O)NCCCC(C)O. The lowest BCUT2D eigenvalue weighted by Crippen LogP contribution is -2.43. The van der Waals surface area contributed by atoms with Crippen LogP contribution in [-0.2, 0) is 4.79 Å². The van der Waals surface area contributed by atoms with Crippen LogP contribution in [0, 0.1) is 5.41 Å². The van der Waals surface area contributed by atoms with Gasteiger partial charge in [-0.05, 0) is 33.1 Å². The molecule has 0 saturated heterocycles. The van der Waals surface area contributed by atoms with Gasteiger partial charge in [-0.15, -0.1) is 0 Å². The molecule has 15 heavy (non-hydrogen) atoms. The van der Waals surface area contributed by atoms with Gasteiger partial charge in [0.25, 0.3) is 0 Å². The Morgan fingerprint density at radius 2 is 2.20 bits per heavy atom. The summed E-state index contributed by atoms with van der Waals surface area (Å²) in [4.78, 5) is 11.7. The zero-order valence-electron chi connectivity index (χ0n) is 10.0. The van der Waals surface area contributed by atoms with Crippen LogP contribution >= 0.6 is 0 Å². The monoisotopic (exact) mass is 216 g/mol. The van der Waals surface area contributed by atoms with E-state index in [1.807, 2.05) is 13.8 Å². The highest BCUT2D eigenvalue weighted by Gasteiger charge is 2.28. The highest BCUT2D eigenvalue weighted by atomic mass is 16.3. The minimum Gasteiger partial charge on any atom is -0.393 e. The summed E-state index contributed by atoms with van der Waals surface area (Å²) in [7, 11) is 0. The first-order chi connectivity index (χ1) is 6.96. The van der Waals surface area contributed by atoms with E-state index in [4.69, 9.17) is 10.8 Å². The largest absolute Gasteiger partial charge is 0.393 e. The molecule has 1 amide bonds. The number of aliphatic hydroxyl groups is 1. The lowest BCUT2D eigenvalue weighted by atomic mass is 9.86. The van der Waals surface area contributed by atoms with Gasteiger partial charge in [0.2, 0.25) is 5.91 Å². The number of hydrogen-bond donors (Lipinski definition) is 3. The Kier molecular flexibility index (Phi) is 6.52. The van der Waals surface area contributed by atoms with Gasteiger partial charge in [0.05, 0.1) is 11.5 Å². The van der Waals surface area contributed by atoms with E-state index in [1.165, 1.54) is 0 Å². The van der Waals surface area contributed by atoms with Crippen LogP contribution in [-0.4, -0.2) is 30.2 Å². The third-order valence-electron chi connectivity index (χ3n) is 2.86. The molecule has 0 fully saturated rings. The van der Waals surface area contributed by atoms with Crippen LogP contribution in [0.1, 0.15) is 40.0 Å². The Morgan fingerprint density at radius 1 is 1.60 bits per heavy atom. The second kappa shape index (κ2) is 6.80. The Bertz CT molecular complexity index is 189. The van der Waals surface area contributed by atoms with Crippen molar-refractivity contribution in [1.29, 1.82) is 0 Å². The van der Waals surface area contributed by atoms with Crippen molar-refractivity contribution in [1.82, 2.24) is 5.32 Å². The normalized spacial score (nSPS) is 16.9. The van der Waals surface area contributed by atoms with Crippen LogP contribution in [0.2, 0.25) is 0 Å². The topological polar surface area (TPSA) is 75.4 Å². The first-order valence-electron chi connectivity index (χ1n) is 5.62. The van der Waals surface area contributed by atoms with Gasteiger partial charge < -0.3 is 16.2 Å². The Morgan fingerprint density at radius 3 is 2.60 bits per heavy atom. The summed E-state index contributed by atoms with van der Waals surface area (Å²) >= 11 is 0. The van der Waals surface area contributed by atoms with Gasteiger partial charge in [-0.1, -0.05) is 6.92 Å². The van der Waals surface area contributed by atoms with Crippen molar-refractivity contribution in [3.8, 4) is 0 Å². The predicted molar refractivity (Wildman–Crippen MR) is 61.4 cm³/mol. The second-order valence-electron chi connectivity index (χ2n) is 4.37. The van der Waals surface area contributed by atoms with Crippen LogP contribution in [0.15, 0.2) is 0 Å². The average Bonchev–Trinajstić information content (AvgIpc) is 2.22. The molecular weight excluding hydrogens is 192 g/mol. The summed E-state index contributed by atoms with van der Waals surface area (Å²) in [6.45, 7) is 6.56. The summed E-state index contributed by atoms with van der Waals surface area (Å²) < 4.78 is 0. The van der Waals surface area contributed by atoms with Gasteiger partial charge in [0.15, 0.2) is 0 Å². The molecule has 2 unspecified atom stereocenters. The van der Waals surface area contributed by atoms with Crippen molar-refractivity contribution in [3.63, 3.8) is 0 Å². The zero-order valence-corrected chi connectivity index (χ0v) is 10.0. The molecule has 0 heterocycles. The van der Waals surface area contributed by atoms with Crippen LogP contribution in [0.3, 0.4) is 0 Å². The number of nitrogens with one attached hydrogen (secondary N) is 1. The molecule has 0 aliphatic carbocycles. The fourth-order valence-electron chi connectivity index (χ4n) is 1.21. The summed E-state index contributed by atoms with van der Waals surface area (Å²) in [5, 5.41) is 11.9. The number of rotatable bonds is 7. The molecule has 0 saturated carbocycles. The molecule has 0 aromatic carbocycles. The van der Waals surface area contributed by atoms with E-state index in [9.17, 15) is 4.79 Å². The molecule has 0 radical (unpaired) electrons. The van der Waals surface area contributed by atoms with Crippen LogP contribution in [0.4, 0.5) is 0 Å². The second-order valence-corrected chi connectivity index (χ2v) is 4.37. The van der Waals surface area contributed by atoms with Crippen molar-refractivity contribution >= 4 is 5.91 Å². The molecule has 0 aliphatic heterocycles. The lowest BCUT2D eigenvalue weighted by Gasteiger charge is -2.24. The summed E-state index contributed by atoms with van der Waals surface area (Å²) in [5.41, 5.74) is 5.12.